The molecule has 18 heavy (non-hydrogen) atoms. The molecule has 0 bridgehead atoms. The minimum atomic E-state index is 0.146. The number of thiophene rings is 1. The van der Waals surface area contributed by atoms with E-state index < -0.39 is 0 Å². The van der Waals surface area contributed by atoms with E-state index in [1.165, 1.54) is 4.88 Å². The molecule has 0 aliphatic rings. The maximum absolute atomic E-state index is 12.2. The van der Waals surface area contributed by atoms with E-state index in [2.05, 4.69) is 44.8 Å². The minimum Gasteiger partial charge on any atom is -0.294 e. The van der Waals surface area contributed by atoms with Gasteiger partial charge in [0.25, 0.3) is 0 Å². The standard InChI is InChI=1S/C14H12Br2OS/c1-2-10-4-5-11(18-10)8-14(17)12-7-9(15)3-6-13(12)16/h3-7H,2,8H2,1H3. The van der Waals surface area contributed by atoms with Crippen LogP contribution in [0.15, 0.2) is 39.3 Å². The Morgan fingerprint density at radius 3 is 2.56 bits per heavy atom. The third-order valence-electron chi connectivity index (χ3n) is 2.63. The third-order valence-corrected chi connectivity index (χ3v) is 5.04. The van der Waals surface area contributed by atoms with E-state index in [-0.39, 0.29) is 5.78 Å². The smallest absolute Gasteiger partial charge is 0.169 e. The summed E-state index contributed by atoms with van der Waals surface area (Å²) in [5.41, 5.74) is 0.732. The van der Waals surface area contributed by atoms with Crippen molar-refractivity contribution in [3.05, 3.63) is 54.6 Å². The summed E-state index contributed by atoms with van der Waals surface area (Å²) in [4.78, 5) is 14.7. The van der Waals surface area contributed by atoms with Crippen molar-refractivity contribution in [3.63, 3.8) is 0 Å². The molecule has 0 saturated heterocycles. The second-order valence-corrected chi connectivity index (χ2v) is 6.97. The monoisotopic (exact) mass is 386 g/mol. The lowest BCUT2D eigenvalue weighted by Gasteiger charge is -2.03. The van der Waals surface area contributed by atoms with Gasteiger partial charge in [0.05, 0.1) is 0 Å². The van der Waals surface area contributed by atoms with Gasteiger partial charge in [0, 0.05) is 30.7 Å². The Hall–Kier alpha value is -0.450. The summed E-state index contributed by atoms with van der Waals surface area (Å²) in [5.74, 6) is 0.146. The summed E-state index contributed by atoms with van der Waals surface area (Å²) in [6, 6.07) is 9.82. The van der Waals surface area contributed by atoms with Crippen LogP contribution < -0.4 is 0 Å². The van der Waals surface area contributed by atoms with Crippen LogP contribution in [0.1, 0.15) is 27.0 Å². The molecule has 94 valence electrons. The van der Waals surface area contributed by atoms with Gasteiger partial charge in [-0.1, -0.05) is 38.8 Å². The molecule has 0 spiro atoms. The first-order chi connectivity index (χ1) is 8.60. The summed E-state index contributed by atoms with van der Waals surface area (Å²) in [6.07, 6.45) is 1.50. The molecule has 1 heterocycles. The van der Waals surface area contributed by atoms with Gasteiger partial charge in [0.15, 0.2) is 5.78 Å². The van der Waals surface area contributed by atoms with E-state index in [1.807, 2.05) is 24.3 Å². The molecule has 0 N–H and O–H groups in total. The molecule has 4 heteroatoms. The van der Waals surface area contributed by atoms with Crippen LogP contribution in [0.4, 0.5) is 0 Å². The van der Waals surface area contributed by atoms with Gasteiger partial charge in [-0.05, 0) is 36.8 Å². The maximum atomic E-state index is 12.2. The van der Waals surface area contributed by atoms with Crippen molar-refractivity contribution in [2.24, 2.45) is 0 Å². The number of ketones is 1. The Morgan fingerprint density at radius 2 is 1.89 bits per heavy atom. The van der Waals surface area contributed by atoms with Crippen LogP contribution in [0, 0.1) is 0 Å². The summed E-state index contributed by atoms with van der Waals surface area (Å²) >= 11 is 8.54. The highest BCUT2D eigenvalue weighted by molar-refractivity contribution is 9.11. The molecule has 0 aliphatic heterocycles. The SMILES string of the molecule is CCc1ccc(CC(=O)c2cc(Br)ccc2Br)s1. The van der Waals surface area contributed by atoms with Gasteiger partial charge in [-0.15, -0.1) is 11.3 Å². The van der Waals surface area contributed by atoms with Crippen LogP contribution in [0.2, 0.25) is 0 Å². The highest BCUT2D eigenvalue weighted by Gasteiger charge is 2.12. The molecular weight excluding hydrogens is 376 g/mol. The first-order valence-electron chi connectivity index (χ1n) is 5.66. The third kappa shape index (κ3) is 3.31. The Balaban J connectivity index is 2.19. The molecule has 0 atom stereocenters. The number of carbonyl (C=O) groups is 1. The molecular formula is C14H12Br2OS. The van der Waals surface area contributed by atoms with Gasteiger partial charge in [-0.2, -0.15) is 0 Å². The van der Waals surface area contributed by atoms with Crippen LogP contribution in [-0.2, 0) is 12.8 Å². The predicted octanol–water partition coefficient (Wildman–Crippen LogP) is 5.26. The van der Waals surface area contributed by atoms with Crippen molar-refractivity contribution in [1.82, 2.24) is 0 Å². The van der Waals surface area contributed by atoms with Gasteiger partial charge in [-0.3, -0.25) is 4.79 Å². The highest BCUT2D eigenvalue weighted by atomic mass is 79.9. The van der Waals surface area contributed by atoms with E-state index >= 15 is 0 Å². The number of halogens is 2. The second kappa shape index (κ2) is 6.13. The lowest BCUT2D eigenvalue weighted by atomic mass is 10.1. The fourth-order valence-corrected chi connectivity index (χ4v) is 3.46. The molecule has 2 aromatic rings. The van der Waals surface area contributed by atoms with Gasteiger partial charge in [0.2, 0.25) is 0 Å². The lowest BCUT2D eigenvalue weighted by Crippen LogP contribution is -2.03. The van der Waals surface area contributed by atoms with Crippen LogP contribution in [-0.4, -0.2) is 5.78 Å². The Morgan fingerprint density at radius 1 is 1.17 bits per heavy atom. The molecule has 1 aromatic carbocycles. The zero-order chi connectivity index (χ0) is 13.1. The van der Waals surface area contributed by atoms with Gasteiger partial charge < -0.3 is 0 Å². The van der Waals surface area contributed by atoms with E-state index in [0.29, 0.717) is 6.42 Å². The summed E-state index contributed by atoms with van der Waals surface area (Å²) < 4.78 is 1.78. The number of hydrogen-bond donors (Lipinski definition) is 0. The molecule has 0 unspecified atom stereocenters. The second-order valence-electron chi connectivity index (χ2n) is 3.95. The van der Waals surface area contributed by atoms with Crippen LogP contribution >= 0.6 is 43.2 Å². The van der Waals surface area contributed by atoms with E-state index in [0.717, 1.165) is 25.8 Å². The quantitative estimate of drug-likeness (QED) is 0.653. The van der Waals surface area contributed by atoms with E-state index in [1.54, 1.807) is 11.3 Å². The fraction of sp³-hybridized carbons (Fsp3) is 0.214. The molecule has 0 amide bonds. The van der Waals surface area contributed by atoms with Crippen molar-refractivity contribution in [3.8, 4) is 0 Å². The number of hydrogen-bond acceptors (Lipinski definition) is 2. The first-order valence-corrected chi connectivity index (χ1v) is 8.06. The van der Waals surface area contributed by atoms with Crippen LogP contribution in [0.25, 0.3) is 0 Å². The highest BCUT2D eigenvalue weighted by Crippen LogP contribution is 2.25. The summed E-state index contributed by atoms with van der Waals surface area (Å²) in [7, 11) is 0. The number of Topliss-reactive ketones (excluding diaryl/α,β-unsaturated/α-hetero) is 1. The molecule has 0 radical (unpaired) electrons. The van der Waals surface area contributed by atoms with E-state index in [4.69, 9.17) is 0 Å². The summed E-state index contributed by atoms with van der Waals surface area (Å²) in [6.45, 7) is 2.13. The largest absolute Gasteiger partial charge is 0.294 e. The topological polar surface area (TPSA) is 17.1 Å². The van der Waals surface area contributed by atoms with Gasteiger partial charge in [0.1, 0.15) is 0 Å². The Kier molecular flexibility index (Phi) is 4.76. The average molecular weight is 388 g/mol. The molecule has 0 aliphatic carbocycles. The Labute approximate surface area is 127 Å². The van der Waals surface area contributed by atoms with Crippen molar-refractivity contribution in [1.29, 1.82) is 0 Å². The van der Waals surface area contributed by atoms with E-state index in [9.17, 15) is 4.79 Å². The zero-order valence-corrected chi connectivity index (χ0v) is 13.9. The van der Waals surface area contributed by atoms with Crippen molar-refractivity contribution >= 4 is 49.0 Å². The summed E-state index contributed by atoms with van der Waals surface area (Å²) in [5, 5.41) is 0. The number of carbonyl (C=O) groups excluding carboxylic acids is 1. The van der Waals surface area contributed by atoms with Crippen molar-refractivity contribution < 1.29 is 4.79 Å². The normalized spacial score (nSPS) is 10.6. The molecule has 0 saturated carbocycles. The average Bonchev–Trinajstić information content (AvgIpc) is 2.80. The van der Waals surface area contributed by atoms with Gasteiger partial charge in [-0.25, -0.2) is 0 Å². The fourth-order valence-electron chi connectivity index (χ4n) is 1.67. The van der Waals surface area contributed by atoms with Crippen molar-refractivity contribution in [2.45, 2.75) is 19.8 Å². The maximum Gasteiger partial charge on any atom is 0.169 e. The molecule has 1 aromatic heterocycles. The predicted molar refractivity (Wildman–Crippen MR) is 83.6 cm³/mol. The zero-order valence-electron chi connectivity index (χ0n) is 9.87. The number of aryl methyl sites for hydroxylation is 1. The first kappa shape index (κ1) is 14.0. The Bertz CT molecular complexity index is 575. The number of benzene rings is 1. The minimum absolute atomic E-state index is 0.146. The van der Waals surface area contributed by atoms with Crippen LogP contribution in [0.5, 0.6) is 0 Å². The van der Waals surface area contributed by atoms with Crippen LogP contribution in [0.3, 0.4) is 0 Å². The molecule has 0 fully saturated rings. The number of rotatable bonds is 4. The molecule has 2 rings (SSSR count). The molecule has 1 nitrogen and oxygen atoms in total. The van der Waals surface area contributed by atoms with Gasteiger partial charge >= 0.3 is 0 Å². The lowest BCUT2D eigenvalue weighted by molar-refractivity contribution is 0.0993. The van der Waals surface area contributed by atoms with Crippen molar-refractivity contribution in [2.75, 3.05) is 0 Å².